The van der Waals surface area contributed by atoms with Gasteiger partial charge in [-0.2, -0.15) is 0 Å². The van der Waals surface area contributed by atoms with Crippen molar-refractivity contribution in [2.75, 3.05) is 0 Å². The van der Waals surface area contributed by atoms with Gasteiger partial charge in [-0.1, -0.05) is 72.2 Å². The van der Waals surface area contributed by atoms with Crippen molar-refractivity contribution in [3.05, 3.63) is 70.2 Å². The molecule has 0 spiro atoms. The van der Waals surface area contributed by atoms with Crippen LogP contribution in [0.3, 0.4) is 0 Å². The molecule has 0 saturated carbocycles. The van der Waals surface area contributed by atoms with Crippen LogP contribution in [0.15, 0.2) is 59.1 Å². The number of hydrogen-bond acceptors (Lipinski definition) is 1. The largest absolute Gasteiger partial charge is 0.303 e. The number of halogens is 1. The fourth-order valence-corrected chi connectivity index (χ4v) is 3.05. The molecular weight excluding hydrogens is 322 g/mol. The SMILES string of the molecule is CC(C)CC(N[C@H](C)c1cccc(Br)c1)c1ccccc1. The summed E-state index contributed by atoms with van der Waals surface area (Å²) in [6, 6.07) is 20.0. The van der Waals surface area contributed by atoms with E-state index in [2.05, 4.69) is 96.6 Å². The molecule has 21 heavy (non-hydrogen) atoms. The van der Waals surface area contributed by atoms with E-state index in [1.54, 1.807) is 0 Å². The van der Waals surface area contributed by atoms with E-state index in [0.717, 1.165) is 10.9 Å². The quantitative estimate of drug-likeness (QED) is 0.688. The third-order valence-corrected chi connectivity index (χ3v) is 4.20. The van der Waals surface area contributed by atoms with Crippen molar-refractivity contribution in [1.29, 1.82) is 0 Å². The van der Waals surface area contributed by atoms with E-state index in [-0.39, 0.29) is 0 Å². The van der Waals surface area contributed by atoms with Gasteiger partial charge in [-0.25, -0.2) is 0 Å². The van der Waals surface area contributed by atoms with Gasteiger partial charge in [-0.05, 0) is 42.5 Å². The van der Waals surface area contributed by atoms with Gasteiger partial charge >= 0.3 is 0 Å². The molecule has 0 aliphatic carbocycles. The molecule has 0 aliphatic rings. The zero-order valence-corrected chi connectivity index (χ0v) is 14.6. The molecule has 0 heterocycles. The van der Waals surface area contributed by atoms with Crippen molar-refractivity contribution in [3.8, 4) is 0 Å². The highest BCUT2D eigenvalue weighted by atomic mass is 79.9. The molecule has 1 unspecified atom stereocenters. The lowest BCUT2D eigenvalue weighted by Gasteiger charge is -2.26. The zero-order valence-electron chi connectivity index (χ0n) is 13.0. The van der Waals surface area contributed by atoms with Gasteiger partial charge in [0.15, 0.2) is 0 Å². The second kappa shape index (κ2) is 7.77. The summed E-state index contributed by atoms with van der Waals surface area (Å²) in [5.74, 6) is 0.664. The molecule has 0 bridgehead atoms. The topological polar surface area (TPSA) is 12.0 Å². The van der Waals surface area contributed by atoms with Crippen LogP contribution in [-0.2, 0) is 0 Å². The zero-order chi connectivity index (χ0) is 15.2. The molecule has 2 rings (SSSR count). The van der Waals surface area contributed by atoms with E-state index in [9.17, 15) is 0 Å². The molecule has 0 amide bonds. The Balaban J connectivity index is 2.15. The maximum atomic E-state index is 3.79. The number of benzene rings is 2. The maximum absolute atomic E-state index is 3.79. The third kappa shape index (κ3) is 4.98. The molecular formula is C19H24BrN. The van der Waals surface area contributed by atoms with Crippen molar-refractivity contribution in [1.82, 2.24) is 5.32 Å². The van der Waals surface area contributed by atoms with Gasteiger partial charge in [-0.15, -0.1) is 0 Å². The molecule has 0 radical (unpaired) electrons. The third-order valence-electron chi connectivity index (χ3n) is 3.71. The number of hydrogen-bond donors (Lipinski definition) is 1. The number of nitrogens with one attached hydrogen (secondary N) is 1. The van der Waals surface area contributed by atoms with Crippen LogP contribution in [0.4, 0.5) is 0 Å². The molecule has 1 N–H and O–H groups in total. The Labute approximate surface area is 136 Å². The van der Waals surface area contributed by atoms with Crippen LogP contribution in [0.2, 0.25) is 0 Å². The molecule has 0 saturated heterocycles. The van der Waals surface area contributed by atoms with Crippen LogP contribution < -0.4 is 5.32 Å². The van der Waals surface area contributed by atoms with Gasteiger partial charge in [0.05, 0.1) is 0 Å². The minimum Gasteiger partial charge on any atom is -0.303 e. The summed E-state index contributed by atoms with van der Waals surface area (Å²) >= 11 is 3.55. The highest BCUT2D eigenvalue weighted by molar-refractivity contribution is 9.10. The van der Waals surface area contributed by atoms with Crippen molar-refractivity contribution < 1.29 is 0 Å². The molecule has 0 aliphatic heterocycles. The van der Waals surface area contributed by atoms with Gasteiger partial charge in [0.25, 0.3) is 0 Å². The summed E-state index contributed by atoms with van der Waals surface area (Å²) in [5.41, 5.74) is 2.68. The predicted octanol–water partition coefficient (Wildman–Crippen LogP) is 5.89. The van der Waals surface area contributed by atoms with Gasteiger partial charge in [0.2, 0.25) is 0 Å². The van der Waals surface area contributed by atoms with E-state index in [1.165, 1.54) is 11.1 Å². The highest BCUT2D eigenvalue weighted by Crippen LogP contribution is 2.26. The monoisotopic (exact) mass is 345 g/mol. The minimum atomic E-state index is 0.325. The van der Waals surface area contributed by atoms with Crippen LogP contribution in [0, 0.1) is 5.92 Å². The molecule has 1 nitrogen and oxygen atoms in total. The number of rotatable bonds is 6. The Kier molecular flexibility index (Phi) is 6.01. The molecule has 2 atom stereocenters. The van der Waals surface area contributed by atoms with Crippen LogP contribution in [-0.4, -0.2) is 0 Å². The molecule has 112 valence electrons. The highest BCUT2D eigenvalue weighted by Gasteiger charge is 2.16. The summed E-state index contributed by atoms with van der Waals surface area (Å²) in [4.78, 5) is 0. The Hall–Kier alpha value is -1.12. The summed E-state index contributed by atoms with van der Waals surface area (Å²) in [6.45, 7) is 6.79. The van der Waals surface area contributed by atoms with Gasteiger partial charge in [0.1, 0.15) is 0 Å². The standard InChI is InChI=1S/C19H24BrN/c1-14(2)12-19(16-8-5-4-6-9-16)21-15(3)17-10-7-11-18(20)13-17/h4-11,13-15,19,21H,12H2,1-3H3/t15-,19?/m1/s1. The smallest absolute Gasteiger partial charge is 0.0328 e. The Morgan fingerprint density at radius 3 is 2.19 bits per heavy atom. The van der Waals surface area contributed by atoms with Crippen molar-refractivity contribution >= 4 is 15.9 Å². The predicted molar refractivity (Wildman–Crippen MR) is 94.3 cm³/mol. The van der Waals surface area contributed by atoms with Crippen LogP contribution in [0.5, 0.6) is 0 Å². The van der Waals surface area contributed by atoms with Crippen LogP contribution >= 0.6 is 15.9 Å². The van der Waals surface area contributed by atoms with E-state index in [0.29, 0.717) is 18.0 Å². The van der Waals surface area contributed by atoms with Crippen molar-refractivity contribution in [2.24, 2.45) is 5.92 Å². The molecule has 0 fully saturated rings. The van der Waals surface area contributed by atoms with Gasteiger partial charge < -0.3 is 5.32 Å². The molecule has 2 aromatic carbocycles. The summed E-state index contributed by atoms with van der Waals surface area (Å²) in [5, 5.41) is 3.79. The van der Waals surface area contributed by atoms with Crippen LogP contribution in [0.25, 0.3) is 0 Å². The Bertz CT molecular complexity index is 551. The lowest BCUT2D eigenvalue weighted by molar-refractivity contribution is 0.394. The maximum Gasteiger partial charge on any atom is 0.0328 e. The average molecular weight is 346 g/mol. The normalized spacial score (nSPS) is 14.1. The van der Waals surface area contributed by atoms with E-state index >= 15 is 0 Å². The van der Waals surface area contributed by atoms with Crippen molar-refractivity contribution in [3.63, 3.8) is 0 Å². The summed E-state index contributed by atoms with van der Waals surface area (Å²) in [6.07, 6.45) is 1.14. The van der Waals surface area contributed by atoms with E-state index in [1.807, 2.05) is 0 Å². The van der Waals surface area contributed by atoms with Crippen LogP contribution in [0.1, 0.15) is 50.4 Å². The molecule has 2 heteroatoms. The Morgan fingerprint density at radius 2 is 1.57 bits per heavy atom. The minimum absolute atomic E-state index is 0.325. The van der Waals surface area contributed by atoms with Gasteiger partial charge in [-0.3, -0.25) is 0 Å². The second-order valence-electron chi connectivity index (χ2n) is 6.04. The van der Waals surface area contributed by atoms with Gasteiger partial charge in [0, 0.05) is 16.6 Å². The Morgan fingerprint density at radius 1 is 0.905 bits per heavy atom. The first-order chi connectivity index (χ1) is 10.1. The first-order valence-electron chi connectivity index (χ1n) is 7.62. The molecule has 2 aromatic rings. The first kappa shape index (κ1) is 16.3. The summed E-state index contributed by atoms with van der Waals surface area (Å²) in [7, 11) is 0. The lowest BCUT2D eigenvalue weighted by Crippen LogP contribution is -2.26. The fraction of sp³-hybridized carbons (Fsp3) is 0.368. The first-order valence-corrected chi connectivity index (χ1v) is 8.42. The second-order valence-corrected chi connectivity index (χ2v) is 6.95. The van der Waals surface area contributed by atoms with E-state index < -0.39 is 0 Å². The fourth-order valence-electron chi connectivity index (χ4n) is 2.63. The lowest BCUT2D eigenvalue weighted by atomic mass is 9.95. The average Bonchev–Trinajstić information content (AvgIpc) is 2.47. The van der Waals surface area contributed by atoms with Crippen molar-refractivity contribution in [2.45, 2.75) is 39.3 Å². The van der Waals surface area contributed by atoms with E-state index in [4.69, 9.17) is 0 Å². The molecule has 0 aromatic heterocycles. The summed E-state index contributed by atoms with van der Waals surface area (Å²) < 4.78 is 1.13.